The van der Waals surface area contributed by atoms with Crippen LogP contribution < -0.4 is 5.32 Å². The van der Waals surface area contributed by atoms with Crippen molar-refractivity contribution < 1.29 is 4.74 Å². The van der Waals surface area contributed by atoms with E-state index in [4.69, 9.17) is 4.74 Å². The molecule has 0 saturated carbocycles. The minimum atomic E-state index is 0.0996. The van der Waals surface area contributed by atoms with Crippen molar-refractivity contribution in [2.45, 2.75) is 32.9 Å². The molecule has 1 N–H and O–H groups in total. The number of nitrogens with zero attached hydrogens (tertiary/aromatic N) is 1. The van der Waals surface area contributed by atoms with E-state index in [9.17, 15) is 0 Å². The van der Waals surface area contributed by atoms with Gasteiger partial charge in [-0.3, -0.25) is 0 Å². The summed E-state index contributed by atoms with van der Waals surface area (Å²) in [4.78, 5) is 4.53. The fourth-order valence-electron chi connectivity index (χ4n) is 1.20. The smallest absolute Gasteiger partial charge is 0.122 e. The average Bonchev–Trinajstić information content (AvgIpc) is 2.66. The molecule has 4 heteroatoms. The van der Waals surface area contributed by atoms with E-state index in [0.29, 0.717) is 6.04 Å². The number of aromatic nitrogens is 1. The van der Waals surface area contributed by atoms with Crippen molar-refractivity contribution in [3.63, 3.8) is 0 Å². The molecule has 0 bridgehead atoms. The van der Waals surface area contributed by atoms with Gasteiger partial charge < -0.3 is 10.1 Å². The minimum Gasteiger partial charge on any atom is -0.375 e. The molecule has 0 saturated heterocycles. The summed E-state index contributed by atoms with van der Waals surface area (Å²) in [5.74, 6) is 0. The third-order valence-electron chi connectivity index (χ3n) is 2.19. The SMILES string of the molecule is CCNC(C)c1csc(C(C)OC)n1. The van der Waals surface area contributed by atoms with E-state index in [1.807, 2.05) is 6.92 Å². The van der Waals surface area contributed by atoms with Crippen LogP contribution >= 0.6 is 11.3 Å². The maximum Gasteiger partial charge on any atom is 0.122 e. The van der Waals surface area contributed by atoms with Crippen molar-refractivity contribution in [3.05, 3.63) is 16.1 Å². The van der Waals surface area contributed by atoms with Crippen LogP contribution in [0.15, 0.2) is 5.38 Å². The molecule has 2 unspecified atom stereocenters. The first-order valence-corrected chi connectivity index (χ1v) is 5.78. The van der Waals surface area contributed by atoms with Crippen LogP contribution in [0.1, 0.15) is 43.6 Å². The highest BCUT2D eigenvalue weighted by molar-refractivity contribution is 7.09. The summed E-state index contributed by atoms with van der Waals surface area (Å²) < 4.78 is 5.22. The largest absolute Gasteiger partial charge is 0.375 e. The zero-order chi connectivity index (χ0) is 10.6. The summed E-state index contributed by atoms with van der Waals surface area (Å²) in [6.07, 6.45) is 0.0996. The number of nitrogens with one attached hydrogen (secondary N) is 1. The van der Waals surface area contributed by atoms with E-state index in [1.54, 1.807) is 18.4 Å². The molecule has 0 fully saturated rings. The molecule has 0 aliphatic rings. The topological polar surface area (TPSA) is 34.1 Å². The van der Waals surface area contributed by atoms with Crippen LogP contribution in [-0.4, -0.2) is 18.6 Å². The van der Waals surface area contributed by atoms with Gasteiger partial charge in [0.05, 0.1) is 5.69 Å². The summed E-state index contributed by atoms with van der Waals surface area (Å²) in [6.45, 7) is 7.20. The normalized spacial score (nSPS) is 15.4. The van der Waals surface area contributed by atoms with Crippen molar-refractivity contribution in [2.24, 2.45) is 0 Å². The van der Waals surface area contributed by atoms with E-state index in [1.165, 1.54) is 0 Å². The molecule has 1 aromatic heterocycles. The lowest BCUT2D eigenvalue weighted by Crippen LogP contribution is -2.18. The van der Waals surface area contributed by atoms with Gasteiger partial charge in [0.1, 0.15) is 11.1 Å². The predicted octanol–water partition coefficient (Wildman–Crippen LogP) is 2.52. The Hall–Kier alpha value is -0.450. The van der Waals surface area contributed by atoms with Crippen LogP contribution in [0.2, 0.25) is 0 Å². The molecule has 80 valence electrons. The summed E-state index contributed by atoms with van der Waals surface area (Å²) in [5.41, 5.74) is 1.11. The molecular weight excluding hydrogens is 196 g/mol. The quantitative estimate of drug-likeness (QED) is 0.818. The Morgan fingerprint density at radius 3 is 2.86 bits per heavy atom. The number of hydrogen-bond donors (Lipinski definition) is 1. The lowest BCUT2D eigenvalue weighted by molar-refractivity contribution is 0.119. The zero-order valence-corrected chi connectivity index (χ0v) is 10.0. The highest BCUT2D eigenvalue weighted by Crippen LogP contribution is 2.23. The lowest BCUT2D eigenvalue weighted by atomic mass is 10.2. The summed E-state index contributed by atoms with van der Waals surface area (Å²) in [7, 11) is 1.71. The van der Waals surface area contributed by atoms with Crippen molar-refractivity contribution in [2.75, 3.05) is 13.7 Å². The molecule has 0 spiro atoms. The molecule has 14 heavy (non-hydrogen) atoms. The Morgan fingerprint density at radius 2 is 2.29 bits per heavy atom. The first kappa shape index (κ1) is 11.6. The number of rotatable bonds is 5. The van der Waals surface area contributed by atoms with Crippen LogP contribution in [-0.2, 0) is 4.74 Å². The second-order valence-electron chi connectivity index (χ2n) is 3.27. The van der Waals surface area contributed by atoms with Gasteiger partial charge in [0, 0.05) is 18.5 Å². The van der Waals surface area contributed by atoms with E-state index < -0.39 is 0 Å². The number of thiazole rings is 1. The molecule has 0 radical (unpaired) electrons. The molecule has 1 rings (SSSR count). The average molecular weight is 214 g/mol. The summed E-state index contributed by atoms with van der Waals surface area (Å²) in [5, 5.41) is 6.48. The molecule has 0 aliphatic carbocycles. The highest BCUT2D eigenvalue weighted by Gasteiger charge is 2.12. The Labute approximate surface area is 89.5 Å². The minimum absolute atomic E-state index is 0.0996. The molecule has 1 aromatic rings. The van der Waals surface area contributed by atoms with Gasteiger partial charge in [-0.2, -0.15) is 0 Å². The van der Waals surface area contributed by atoms with Crippen molar-refractivity contribution in [3.8, 4) is 0 Å². The molecule has 3 nitrogen and oxygen atoms in total. The summed E-state index contributed by atoms with van der Waals surface area (Å²) >= 11 is 1.66. The van der Waals surface area contributed by atoms with Gasteiger partial charge in [-0.05, 0) is 20.4 Å². The van der Waals surface area contributed by atoms with E-state index in [0.717, 1.165) is 17.2 Å². The van der Waals surface area contributed by atoms with Crippen LogP contribution in [0.25, 0.3) is 0 Å². The Kier molecular flexibility index (Phi) is 4.51. The standard InChI is InChI=1S/C10H18N2OS/c1-5-11-7(2)9-6-14-10(12-9)8(3)13-4/h6-8,11H,5H2,1-4H3. The van der Waals surface area contributed by atoms with Gasteiger partial charge in [-0.15, -0.1) is 11.3 Å². The van der Waals surface area contributed by atoms with Crippen LogP contribution in [0.5, 0.6) is 0 Å². The second kappa shape index (κ2) is 5.44. The first-order chi connectivity index (χ1) is 6.69. The fourth-order valence-corrected chi connectivity index (χ4v) is 2.14. The van der Waals surface area contributed by atoms with Crippen LogP contribution in [0, 0.1) is 0 Å². The monoisotopic (exact) mass is 214 g/mol. The maximum atomic E-state index is 5.22. The molecule has 1 heterocycles. The van der Waals surface area contributed by atoms with Gasteiger partial charge in [0.2, 0.25) is 0 Å². The van der Waals surface area contributed by atoms with E-state index >= 15 is 0 Å². The first-order valence-electron chi connectivity index (χ1n) is 4.90. The number of hydrogen-bond acceptors (Lipinski definition) is 4. The number of ether oxygens (including phenoxy) is 1. The van der Waals surface area contributed by atoms with Crippen molar-refractivity contribution in [1.29, 1.82) is 0 Å². The Balaban J connectivity index is 2.67. The van der Waals surface area contributed by atoms with Gasteiger partial charge in [-0.25, -0.2) is 4.98 Å². The molecule has 0 amide bonds. The maximum absolute atomic E-state index is 5.22. The Bertz CT molecular complexity index is 275. The fraction of sp³-hybridized carbons (Fsp3) is 0.700. The third kappa shape index (κ3) is 2.77. The van der Waals surface area contributed by atoms with E-state index in [2.05, 4.69) is 29.5 Å². The highest BCUT2D eigenvalue weighted by atomic mass is 32.1. The predicted molar refractivity (Wildman–Crippen MR) is 59.6 cm³/mol. The Morgan fingerprint density at radius 1 is 1.57 bits per heavy atom. The second-order valence-corrected chi connectivity index (χ2v) is 4.16. The third-order valence-corrected chi connectivity index (χ3v) is 3.22. The van der Waals surface area contributed by atoms with Gasteiger partial charge >= 0.3 is 0 Å². The van der Waals surface area contributed by atoms with Gasteiger partial charge in [0.15, 0.2) is 0 Å². The molecule has 0 aromatic carbocycles. The van der Waals surface area contributed by atoms with Crippen LogP contribution in [0.4, 0.5) is 0 Å². The molecular formula is C10H18N2OS. The van der Waals surface area contributed by atoms with Crippen LogP contribution in [0.3, 0.4) is 0 Å². The number of methoxy groups -OCH3 is 1. The van der Waals surface area contributed by atoms with Crippen molar-refractivity contribution >= 4 is 11.3 Å². The lowest BCUT2D eigenvalue weighted by Gasteiger charge is -2.09. The molecule has 0 aliphatic heterocycles. The zero-order valence-electron chi connectivity index (χ0n) is 9.20. The summed E-state index contributed by atoms with van der Waals surface area (Å²) in [6, 6.07) is 0.328. The van der Waals surface area contributed by atoms with Crippen molar-refractivity contribution in [1.82, 2.24) is 10.3 Å². The van der Waals surface area contributed by atoms with Gasteiger partial charge in [-0.1, -0.05) is 6.92 Å². The van der Waals surface area contributed by atoms with E-state index in [-0.39, 0.29) is 6.10 Å². The molecule has 2 atom stereocenters. The van der Waals surface area contributed by atoms with Gasteiger partial charge in [0.25, 0.3) is 0 Å².